The highest BCUT2D eigenvalue weighted by molar-refractivity contribution is 5.31. The van der Waals surface area contributed by atoms with E-state index in [1.165, 1.54) is 0 Å². The molecule has 0 bridgehead atoms. The molecule has 1 aromatic carbocycles. The van der Waals surface area contributed by atoms with E-state index < -0.39 is 6.10 Å². The molecule has 1 aromatic rings. The molecule has 4 heteroatoms. The van der Waals surface area contributed by atoms with E-state index in [-0.39, 0.29) is 19.3 Å². The van der Waals surface area contributed by atoms with Gasteiger partial charge in [0.1, 0.15) is 31.0 Å². The van der Waals surface area contributed by atoms with Crippen LogP contribution in [0.4, 0.5) is 0 Å². The molecule has 0 aromatic heterocycles. The van der Waals surface area contributed by atoms with Crippen molar-refractivity contribution in [1.82, 2.24) is 0 Å². The second-order valence-electron chi connectivity index (χ2n) is 4.55. The number of hydrogen-bond donors (Lipinski definition) is 3. The van der Waals surface area contributed by atoms with Gasteiger partial charge in [0.2, 0.25) is 0 Å². The number of aliphatic hydroxyl groups excluding tert-OH is 2. The van der Waals surface area contributed by atoms with E-state index in [9.17, 15) is 5.11 Å². The number of quaternary nitrogens is 1. The van der Waals surface area contributed by atoms with Crippen molar-refractivity contribution in [2.75, 3.05) is 19.8 Å². The summed E-state index contributed by atoms with van der Waals surface area (Å²) in [5, 5.41) is 20.8. The van der Waals surface area contributed by atoms with E-state index >= 15 is 0 Å². The van der Waals surface area contributed by atoms with Crippen molar-refractivity contribution < 1.29 is 20.3 Å². The van der Waals surface area contributed by atoms with Crippen molar-refractivity contribution in [2.24, 2.45) is 0 Å². The van der Waals surface area contributed by atoms with Crippen LogP contribution in [0.2, 0.25) is 0 Å². The molecule has 0 aliphatic carbocycles. The Labute approximate surface area is 109 Å². The predicted molar refractivity (Wildman–Crippen MR) is 70.6 cm³/mol. The Balaban J connectivity index is 2.29. The van der Waals surface area contributed by atoms with E-state index in [2.05, 4.69) is 0 Å². The first-order valence-corrected chi connectivity index (χ1v) is 6.48. The number of aliphatic hydroxyl groups is 2. The van der Waals surface area contributed by atoms with Crippen molar-refractivity contribution in [1.29, 1.82) is 0 Å². The minimum atomic E-state index is -0.523. The molecule has 1 rings (SSSR count). The Hall–Kier alpha value is -1.10. The molecular formula is C14H24NO3+. The summed E-state index contributed by atoms with van der Waals surface area (Å²) in [6.07, 6.45) is 0.368. The largest absolute Gasteiger partial charge is 0.490 e. The second kappa shape index (κ2) is 8.08. The summed E-state index contributed by atoms with van der Waals surface area (Å²) in [6.45, 7) is 4.97. The quantitative estimate of drug-likeness (QED) is 0.615. The Morgan fingerprint density at radius 1 is 1.33 bits per heavy atom. The molecule has 18 heavy (non-hydrogen) atoms. The number of rotatable bonds is 8. The van der Waals surface area contributed by atoms with Gasteiger partial charge in [-0.15, -0.1) is 0 Å². The third-order valence-corrected chi connectivity index (χ3v) is 3.03. The molecule has 0 spiro atoms. The van der Waals surface area contributed by atoms with E-state index in [0.717, 1.165) is 17.7 Å². The minimum Gasteiger partial charge on any atom is -0.490 e. The van der Waals surface area contributed by atoms with E-state index in [4.69, 9.17) is 9.84 Å². The van der Waals surface area contributed by atoms with Gasteiger partial charge in [-0.05, 0) is 25.0 Å². The van der Waals surface area contributed by atoms with Crippen molar-refractivity contribution in [2.45, 2.75) is 32.4 Å². The summed E-state index contributed by atoms with van der Waals surface area (Å²) in [6, 6.07) is 7.92. The Bertz CT molecular complexity index is 340. The zero-order valence-corrected chi connectivity index (χ0v) is 11.2. The van der Waals surface area contributed by atoms with E-state index in [0.29, 0.717) is 6.54 Å². The second-order valence-corrected chi connectivity index (χ2v) is 4.55. The molecule has 0 fully saturated rings. The molecule has 102 valence electrons. The van der Waals surface area contributed by atoms with Crippen LogP contribution in [0, 0.1) is 6.92 Å². The standard InChI is InChI=1S/C14H23NO3/c1-3-12(9-16)15-8-13(17)10-18-14-7-5-4-6-11(14)2/h4-7,12-13,15-17H,3,8-10H2,1-2H3/p+1/t12-,13+/m1/s1. The number of para-hydroxylation sites is 1. The van der Waals surface area contributed by atoms with Gasteiger partial charge in [-0.2, -0.15) is 0 Å². The highest BCUT2D eigenvalue weighted by Crippen LogP contribution is 2.15. The molecule has 0 amide bonds. The average Bonchev–Trinajstić information content (AvgIpc) is 2.39. The van der Waals surface area contributed by atoms with Gasteiger partial charge >= 0.3 is 0 Å². The van der Waals surface area contributed by atoms with Crippen molar-refractivity contribution >= 4 is 0 Å². The zero-order chi connectivity index (χ0) is 13.4. The van der Waals surface area contributed by atoms with Crippen LogP contribution in [0.1, 0.15) is 18.9 Å². The van der Waals surface area contributed by atoms with E-state index in [1.807, 2.05) is 43.4 Å². The fourth-order valence-electron chi connectivity index (χ4n) is 1.69. The molecule has 0 unspecified atom stereocenters. The average molecular weight is 254 g/mol. The fraction of sp³-hybridized carbons (Fsp3) is 0.571. The van der Waals surface area contributed by atoms with Gasteiger partial charge in [0, 0.05) is 0 Å². The molecule has 0 aliphatic heterocycles. The van der Waals surface area contributed by atoms with Gasteiger partial charge in [0.05, 0.1) is 6.61 Å². The van der Waals surface area contributed by atoms with Crippen LogP contribution < -0.4 is 10.1 Å². The zero-order valence-electron chi connectivity index (χ0n) is 11.2. The number of nitrogens with two attached hydrogens (primary N) is 1. The van der Waals surface area contributed by atoms with Crippen LogP contribution in [0.3, 0.4) is 0 Å². The summed E-state index contributed by atoms with van der Waals surface area (Å²) in [4.78, 5) is 0. The van der Waals surface area contributed by atoms with Gasteiger partial charge < -0.3 is 20.3 Å². The maximum atomic E-state index is 9.80. The summed E-state index contributed by atoms with van der Waals surface area (Å²) >= 11 is 0. The molecule has 0 radical (unpaired) electrons. The van der Waals surface area contributed by atoms with Gasteiger partial charge in [-0.1, -0.05) is 25.1 Å². The van der Waals surface area contributed by atoms with Crippen molar-refractivity contribution in [3.8, 4) is 5.75 Å². The molecule has 2 atom stereocenters. The first kappa shape index (κ1) is 15.0. The maximum Gasteiger partial charge on any atom is 0.137 e. The smallest absolute Gasteiger partial charge is 0.137 e. The SMILES string of the molecule is CC[C@H](CO)[NH2+]C[C@H](O)COc1ccccc1C. The highest BCUT2D eigenvalue weighted by Gasteiger charge is 2.12. The normalized spacial score (nSPS) is 14.2. The number of aryl methyl sites for hydroxylation is 1. The number of benzene rings is 1. The third kappa shape index (κ3) is 5.04. The predicted octanol–water partition coefficient (Wildman–Crippen LogP) is 0.0690. The first-order chi connectivity index (χ1) is 8.67. The first-order valence-electron chi connectivity index (χ1n) is 6.48. The van der Waals surface area contributed by atoms with Crippen LogP contribution in [0.15, 0.2) is 24.3 Å². The van der Waals surface area contributed by atoms with Gasteiger partial charge in [0.25, 0.3) is 0 Å². The summed E-state index contributed by atoms with van der Waals surface area (Å²) in [5.74, 6) is 0.811. The Morgan fingerprint density at radius 3 is 2.67 bits per heavy atom. The Kier molecular flexibility index (Phi) is 6.72. The molecule has 4 nitrogen and oxygen atoms in total. The number of ether oxygens (including phenoxy) is 1. The van der Waals surface area contributed by atoms with Crippen LogP contribution in [0.25, 0.3) is 0 Å². The summed E-state index contributed by atoms with van der Waals surface area (Å²) in [7, 11) is 0. The highest BCUT2D eigenvalue weighted by atomic mass is 16.5. The van der Waals surface area contributed by atoms with Crippen LogP contribution in [-0.4, -0.2) is 42.1 Å². The molecule has 0 heterocycles. The molecule has 0 saturated carbocycles. The number of hydrogen-bond acceptors (Lipinski definition) is 3. The third-order valence-electron chi connectivity index (χ3n) is 3.03. The molecular weight excluding hydrogens is 230 g/mol. The summed E-state index contributed by atoms with van der Waals surface area (Å²) < 4.78 is 5.57. The molecule has 0 saturated heterocycles. The van der Waals surface area contributed by atoms with Crippen molar-refractivity contribution in [3.05, 3.63) is 29.8 Å². The summed E-state index contributed by atoms with van der Waals surface area (Å²) in [5.41, 5.74) is 1.07. The molecule has 4 N–H and O–H groups in total. The van der Waals surface area contributed by atoms with E-state index in [1.54, 1.807) is 0 Å². The van der Waals surface area contributed by atoms with Crippen LogP contribution in [-0.2, 0) is 0 Å². The van der Waals surface area contributed by atoms with Crippen LogP contribution >= 0.6 is 0 Å². The van der Waals surface area contributed by atoms with Crippen molar-refractivity contribution in [3.63, 3.8) is 0 Å². The lowest BCUT2D eigenvalue weighted by Crippen LogP contribution is -2.92. The fourth-order valence-corrected chi connectivity index (χ4v) is 1.69. The topological polar surface area (TPSA) is 66.3 Å². The Morgan fingerprint density at radius 2 is 2.06 bits per heavy atom. The maximum absolute atomic E-state index is 9.80. The van der Waals surface area contributed by atoms with Gasteiger partial charge in [-0.3, -0.25) is 0 Å². The van der Waals surface area contributed by atoms with Gasteiger partial charge in [-0.25, -0.2) is 0 Å². The molecule has 0 aliphatic rings. The minimum absolute atomic E-state index is 0.141. The monoisotopic (exact) mass is 254 g/mol. The lowest BCUT2D eigenvalue weighted by atomic mass is 10.2. The lowest BCUT2D eigenvalue weighted by molar-refractivity contribution is -0.696. The van der Waals surface area contributed by atoms with Crippen LogP contribution in [0.5, 0.6) is 5.75 Å². The van der Waals surface area contributed by atoms with Gasteiger partial charge in [0.15, 0.2) is 0 Å². The lowest BCUT2D eigenvalue weighted by Gasteiger charge is -2.15.